The molecule has 19 heavy (non-hydrogen) atoms. The average Bonchev–Trinajstić information content (AvgIpc) is 2.28. The van der Waals surface area contributed by atoms with E-state index in [4.69, 9.17) is 4.74 Å². The molecule has 4 nitrogen and oxygen atoms in total. The number of hydrogen-bond donors (Lipinski definition) is 2. The predicted molar refractivity (Wildman–Crippen MR) is 76.3 cm³/mol. The second kappa shape index (κ2) is 6.71. The molecule has 2 N–H and O–H groups in total. The number of ether oxygens (including phenoxy) is 1. The highest BCUT2D eigenvalue weighted by Crippen LogP contribution is 2.31. The van der Waals surface area contributed by atoms with Gasteiger partial charge >= 0.3 is 5.97 Å². The Morgan fingerprint density at radius 2 is 2.16 bits per heavy atom. The number of likely N-dealkylation sites (N-methyl/N-ethyl adjacent to an activating group) is 1. The molecule has 0 aliphatic heterocycles. The van der Waals surface area contributed by atoms with E-state index < -0.39 is 11.5 Å². The fourth-order valence-electron chi connectivity index (χ4n) is 2.67. The summed E-state index contributed by atoms with van der Waals surface area (Å²) in [7, 11) is 0. The number of aliphatic carboxylic acids is 1. The second-order valence-corrected chi connectivity index (χ2v) is 6.82. The van der Waals surface area contributed by atoms with E-state index >= 15 is 0 Å². The van der Waals surface area contributed by atoms with Crippen LogP contribution in [0.1, 0.15) is 59.8 Å². The van der Waals surface area contributed by atoms with Gasteiger partial charge in [-0.3, -0.25) is 4.79 Å². The van der Waals surface area contributed by atoms with Gasteiger partial charge in [0.2, 0.25) is 0 Å². The Balaban J connectivity index is 2.51. The standard InChI is InChI=1S/C15H29NO3/c1-5-16-15(13(17)18)8-6-7-12(11-15)19-10-9-14(2,3)4/h12,16H,5-11H2,1-4H3,(H,17,18). The zero-order valence-electron chi connectivity index (χ0n) is 12.8. The van der Waals surface area contributed by atoms with Gasteiger partial charge in [-0.25, -0.2) is 0 Å². The maximum atomic E-state index is 11.5. The maximum Gasteiger partial charge on any atom is 0.323 e. The highest BCUT2D eigenvalue weighted by molar-refractivity contribution is 5.79. The Hall–Kier alpha value is -0.610. The van der Waals surface area contributed by atoms with E-state index in [0.29, 0.717) is 19.4 Å². The fourth-order valence-corrected chi connectivity index (χ4v) is 2.67. The maximum absolute atomic E-state index is 11.5. The van der Waals surface area contributed by atoms with Crippen molar-refractivity contribution < 1.29 is 14.6 Å². The number of carbonyl (C=O) groups is 1. The monoisotopic (exact) mass is 271 g/mol. The minimum absolute atomic E-state index is 0.0752. The number of carboxylic acid groups (broad SMARTS) is 1. The van der Waals surface area contributed by atoms with Gasteiger partial charge in [0.05, 0.1) is 6.10 Å². The molecule has 1 rings (SSSR count). The van der Waals surface area contributed by atoms with Crippen molar-refractivity contribution in [3.8, 4) is 0 Å². The summed E-state index contributed by atoms with van der Waals surface area (Å²) < 4.78 is 5.91. The Labute approximate surface area is 116 Å². The third-order valence-electron chi connectivity index (χ3n) is 3.84. The molecule has 1 aliphatic carbocycles. The van der Waals surface area contributed by atoms with Crippen LogP contribution in [-0.2, 0) is 9.53 Å². The van der Waals surface area contributed by atoms with Crippen molar-refractivity contribution in [2.24, 2.45) is 5.41 Å². The SMILES string of the molecule is CCNC1(C(=O)O)CCCC(OCCC(C)(C)C)C1. The Morgan fingerprint density at radius 3 is 2.68 bits per heavy atom. The van der Waals surface area contributed by atoms with Crippen LogP contribution in [0.2, 0.25) is 0 Å². The summed E-state index contributed by atoms with van der Waals surface area (Å²) in [6.07, 6.45) is 4.26. The lowest BCUT2D eigenvalue weighted by molar-refractivity contribution is -0.149. The van der Waals surface area contributed by atoms with E-state index in [1.165, 1.54) is 0 Å². The summed E-state index contributed by atoms with van der Waals surface area (Å²) >= 11 is 0. The van der Waals surface area contributed by atoms with Gasteiger partial charge in [0.1, 0.15) is 5.54 Å². The molecular weight excluding hydrogens is 242 g/mol. The van der Waals surface area contributed by atoms with Crippen molar-refractivity contribution >= 4 is 5.97 Å². The largest absolute Gasteiger partial charge is 0.480 e. The van der Waals surface area contributed by atoms with Crippen molar-refractivity contribution in [2.45, 2.75) is 71.4 Å². The molecule has 0 radical (unpaired) electrons. The predicted octanol–water partition coefficient (Wildman–Crippen LogP) is 2.81. The van der Waals surface area contributed by atoms with Crippen LogP contribution in [0.25, 0.3) is 0 Å². The summed E-state index contributed by atoms with van der Waals surface area (Å²) in [5.41, 5.74) is -0.514. The summed E-state index contributed by atoms with van der Waals surface area (Å²) in [5, 5.41) is 12.6. The molecule has 1 aliphatic rings. The molecule has 1 saturated carbocycles. The molecule has 2 atom stereocenters. The van der Waals surface area contributed by atoms with Gasteiger partial charge in [0.15, 0.2) is 0 Å². The first-order chi connectivity index (χ1) is 8.79. The van der Waals surface area contributed by atoms with Crippen molar-refractivity contribution in [1.82, 2.24) is 5.32 Å². The zero-order valence-corrected chi connectivity index (χ0v) is 12.8. The van der Waals surface area contributed by atoms with Crippen molar-refractivity contribution in [2.75, 3.05) is 13.2 Å². The lowest BCUT2D eigenvalue weighted by Gasteiger charge is -2.38. The number of hydrogen-bond acceptors (Lipinski definition) is 3. The molecular formula is C15H29NO3. The molecule has 0 aromatic rings. The van der Waals surface area contributed by atoms with E-state index in [-0.39, 0.29) is 11.5 Å². The summed E-state index contributed by atoms with van der Waals surface area (Å²) in [6, 6.07) is 0. The molecule has 1 fully saturated rings. The van der Waals surface area contributed by atoms with Gasteiger partial charge in [-0.1, -0.05) is 27.7 Å². The van der Waals surface area contributed by atoms with Crippen LogP contribution >= 0.6 is 0 Å². The van der Waals surface area contributed by atoms with Crippen LogP contribution in [0.5, 0.6) is 0 Å². The van der Waals surface area contributed by atoms with Gasteiger partial charge in [-0.15, -0.1) is 0 Å². The molecule has 2 unspecified atom stereocenters. The minimum atomic E-state index is -0.778. The molecule has 0 amide bonds. The lowest BCUT2D eigenvalue weighted by Crippen LogP contribution is -2.56. The van der Waals surface area contributed by atoms with Crippen molar-refractivity contribution in [1.29, 1.82) is 0 Å². The van der Waals surface area contributed by atoms with Crippen molar-refractivity contribution in [3.05, 3.63) is 0 Å². The third-order valence-corrected chi connectivity index (χ3v) is 3.84. The molecule has 0 saturated heterocycles. The van der Waals surface area contributed by atoms with Crippen molar-refractivity contribution in [3.63, 3.8) is 0 Å². The topological polar surface area (TPSA) is 58.6 Å². The number of nitrogens with one attached hydrogen (secondary N) is 1. The van der Waals surface area contributed by atoms with Gasteiger partial charge in [0.25, 0.3) is 0 Å². The number of carboxylic acids is 1. The van der Waals surface area contributed by atoms with Crippen LogP contribution in [0.15, 0.2) is 0 Å². The Morgan fingerprint density at radius 1 is 1.47 bits per heavy atom. The van der Waals surface area contributed by atoms with Gasteiger partial charge in [0, 0.05) is 13.0 Å². The normalized spacial score (nSPS) is 28.3. The molecule has 0 heterocycles. The first kappa shape index (κ1) is 16.4. The van der Waals surface area contributed by atoms with E-state index in [9.17, 15) is 9.90 Å². The van der Waals surface area contributed by atoms with Crippen LogP contribution < -0.4 is 5.32 Å². The quantitative estimate of drug-likeness (QED) is 0.780. The average molecular weight is 271 g/mol. The van der Waals surface area contributed by atoms with Crippen LogP contribution in [0.3, 0.4) is 0 Å². The highest BCUT2D eigenvalue weighted by atomic mass is 16.5. The molecule has 0 aromatic carbocycles. The van der Waals surface area contributed by atoms with Crippen LogP contribution in [0, 0.1) is 5.41 Å². The zero-order chi connectivity index (χ0) is 14.5. The molecule has 112 valence electrons. The summed E-state index contributed by atoms with van der Waals surface area (Å²) in [4.78, 5) is 11.5. The van der Waals surface area contributed by atoms with Gasteiger partial charge < -0.3 is 15.2 Å². The van der Waals surface area contributed by atoms with Gasteiger partial charge in [-0.05, 0) is 37.6 Å². The van der Waals surface area contributed by atoms with Gasteiger partial charge in [-0.2, -0.15) is 0 Å². The van der Waals surface area contributed by atoms with E-state index in [1.54, 1.807) is 0 Å². The highest BCUT2D eigenvalue weighted by Gasteiger charge is 2.42. The Bertz CT molecular complexity index is 294. The molecule has 0 spiro atoms. The molecule has 4 heteroatoms. The smallest absolute Gasteiger partial charge is 0.323 e. The van der Waals surface area contributed by atoms with Crippen LogP contribution in [-0.4, -0.2) is 35.9 Å². The Kier molecular flexibility index (Phi) is 5.81. The summed E-state index contributed by atoms with van der Waals surface area (Å²) in [6.45, 7) is 9.93. The molecule has 0 bridgehead atoms. The van der Waals surface area contributed by atoms with E-state index in [1.807, 2.05) is 6.92 Å². The minimum Gasteiger partial charge on any atom is -0.480 e. The van der Waals surface area contributed by atoms with E-state index in [0.717, 1.165) is 25.9 Å². The number of rotatable bonds is 6. The molecule has 0 aromatic heterocycles. The lowest BCUT2D eigenvalue weighted by atomic mass is 9.80. The second-order valence-electron chi connectivity index (χ2n) is 6.82. The summed E-state index contributed by atoms with van der Waals surface area (Å²) in [5.74, 6) is -0.738. The first-order valence-corrected chi connectivity index (χ1v) is 7.39. The van der Waals surface area contributed by atoms with Crippen LogP contribution in [0.4, 0.5) is 0 Å². The van der Waals surface area contributed by atoms with E-state index in [2.05, 4.69) is 26.1 Å². The fraction of sp³-hybridized carbons (Fsp3) is 0.933. The first-order valence-electron chi connectivity index (χ1n) is 7.39. The third kappa shape index (κ3) is 5.11.